The number of carboxylic acid groups (broad SMARTS) is 1. The van der Waals surface area contributed by atoms with Gasteiger partial charge in [0, 0.05) is 18.2 Å². The summed E-state index contributed by atoms with van der Waals surface area (Å²) in [5.41, 5.74) is 0.977. The van der Waals surface area contributed by atoms with Gasteiger partial charge in [0.05, 0.1) is 5.69 Å². The molecule has 2 aromatic rings. The first-order valence-corrected chi connectivity index (χ1v) is 7.16. The van der Waals surface area contributed by atoms with Gasteiger partial charge in [-0.25, -0.2) is 4.79 Å². The molecule has 0 amide bonds. The summed E-state index contributed by atoms with van der Waals surface area (Å²) >= 11 is 3.09. The Bertz CT molecular complexity index is 557. The van der Waals surface area contributed by atoms with E-state index in [0.29, 0.717) is 10.1 Å². The third-order valence-corrected chi connectivity index (χ3v) is 4.65. The van der Waals surface area contributed by atoms with Crippen molar-refractivity contribution in [2.45, 2.75) is 24.9 Å². The van der Waals surface area contributed by atoms with Crippen LogP contribution >= 0.6 is 23.1 Å². The van der Waals surface area contributed by atoms with Crippen LogP contribution in [0, 0.1) is 0 Å². The number of thiophene rings is 1. The van der Waals surface area contributed by atoms with E-state index >= 15 is 0 Å². The number of carbonyl (C=O) groups is 1. The largest absolute Gasteiger partial charge is 0.477 e. The molecule has 0 saturated carbocycles. The highest BCUT2D eigenvalue weighted by Crippen LogP contribution is 2.30. The fourth-order valence-corrected chi connectivity index (χ4v) is 3.20. The molecule has 0 unspecified atom stereocenters. The van der Waals surface area contributed by atoms with Crippen molar-refractivity contribution < 1.29 is 9.90 Å². The van der Waals surface area contributed by atoms with Crippen LogP contribution in [0.5, 0.6) is 0 Å². The van der Waals surface area contributed by atoms with Gasteiger partial charge in [-0.1, -0.05) is 13.8 Å². The highest BCUT2D eigenvalue weighted by Gasteiger charge is 2.16. The van der Waals surface area contributed by atoms with E-state index in [1.165, 1.54) is 11.3 Å². The SMILES string of the molecule is CC(C)SCc1nn(C)c2sc(C(=O)O)cc12. The van der Waals surface area contributed by atoms with Gasteiger partial charge in [0.2, 0.25) is 0 Å². The van der Waals surface area contributed by atoms with Crippen molar-refractivity contribution in [3.8, 4) is 0 Å². The molecule has 6 heteroatoms. The molecule has 0 aliphatic rings. The standard InChI is InChI=1S/C11H14N2O2S2/c1-6(2)16-5-8-7-4-9(11(14)15)17-10(7)13(3)12-8/h4,6H,5H2,1-3H3,(H,14,15). The van der Waals surface area contributed by atoms with Crippen molar-refractivity contribution in [3.63, 3.8) is 0 Å². The fraction of sp³-hybridized carbons (Fsp3) is 0.455. The number of hydrogen-bond donors (Lipinski definition) is 1. The van der Waals surface area contributed by atoms with Crippen LogP contribution in [-0.4, -0.2) is 26.1 Å². The van der Waals surface area contributed by atoms with Gasteiger partial charge in [-0.3, -0.25) is 4.68 Å². The molecule has 0 aromatic carbocycles. The molecular formula is C11H14N2O2S2. The second kappa shape index (κ2) is 4.70. The summed E-state index contributed by atoms with van der Waals surface area (Å²) in [6.07, 6.45) is 0. The average Bonchev–Trinajstić information content (AvgIpc) is 2.77. The zero-order valence-corrected chi connectivity index (χ0v) is 11.6. The topological polar surface area (TPSA) is 55.1 Å². The Hall–Kier alpha value is -1.01. The second-order valence-electron chi connectivity index (χ2n) is 4.06. The number of thioether (sulfide) groups is 1. The van der Waals surface area contributed by atoms with Crippen molar-refractivity contribution in [1.82, 2.24) is 9.78 Å². The number of aromatic nitrogens is 2. The van der Waals surface area contributed by atoms with Crippen molar-refractivity contribution in [3.05, 3.63) is 16.6 Å². The molecule has 0 aliphatic heterocycles. The summed E-state index contributed by atoms with van der Waals surface area (Å²) < 4.78 is 1.77. The second-order valence-corrected chi connectivity index (χ2v) is 6.66. The Kier molecular flexibility index (Phi) is 3.44. The maximum atomic E-state index is 10.9. The van der Waals surface area contributed by atoms with E-state index in [-0.39, 0.29) is 0 Å². The van der Waals surface area contributed by atoms with Crippen molar-refractivity contribution in [1.29, 1.82) is 0 Å². The van der Waals surface area contributed by atoms with Crippen LogP contribution in [0.1, 0.15) is 29.2 Å². The van der Waals surface area contributed by atoms with Gasteiger partial charge in [-0.05, 0) is 11.3 Å². The predicted molar refractivity (Wildman–Crippen MR) is 72.0 cm³/mol. The van der Waals surface area contributed by atoms with Crippen LogP contribution in [0.15, 0.2) is 6.07 Å². The molecule has 1 N–H and O–H groups in total. The number of fused-ring (bicyclic) bond motifs is 1. The van der Waals surface area contributed by atoms with Crippen LogP contribution in [0.4, 0.5) is 0 Å². The molecule has 0 radical (unpaired) electrons. The van der Waals surface area contributed by atoms with Crippen LogP contribution in [0.2, 0.25) is 0 Å². The lowest BCUT2D eigenvalue weighted by molar-refractivity contribution is 0.0702. The summed E-state index contributed by atoms with van der Waals surface area (Å²) in [4.78, 5) is 12.2. The number of carboxylic acids is 1. The minimum absolute atomic E-state index is 0.379. The smallest absolute Gasteiger partial charge is 0.345 e. The Morgan fingerprint density at radius 1 is 1.65 bits per heavy atom. The van der Waals surface area contributed by atoms with Gasteiger partial charge in [0.15, 0.2) is 0 Å². The van der Waals surface area contributed by atoms with Crippen LogP contribution in [0.3, 0.4) is 0 Å². The summed E-state index contributed by atoms with van der Waals surface area (Å²) in [5.74, 6) is -0.0428. The van der Waals surface area contributed by atoms with Gasteiger partial charge >= 0.3 is 5.97 Å². The molecule has 2 aromatic heterocycles. The molecule has 2 rings (SSSR count). The zero-order valence-electron chi connectivity index (χ0n) is 9.93. The lowest BCUT2D eigenvalue weighted by atomic mass is 10.3. The lowest BCUT2D eigenvalue weighted by Gasteiger charge is -2.01. The van der Waals surface area contributed by atoms with E-state index in [1.54, 1.807) is 10.7 Å². The average molecular weight is 270 g/mol. The molecular weight excluding hydrogens is 256 g/mol. The number of aryl methyl sites for hydroxylation is 1. The first kappa shape index (κ1) is 12.4. The summed E-state index contributed by atoms with van der Waals surface area (Å²) in [5, 5.41) is 14.9. The lowest BCUT2D eigenvalue weighted by Crippen LogP contribution is -1.94. The Balaban J connectivity index is 2.39. The zero-order chi connectivity index (χ0) is 12.6. The molecule has 92 valence electrons. The third kappa shape index (κ3) is 2.47. The number of aromatic carboxylic acids is 1. The first-order chi connectivity index (χ1) is 7.99. The Labute approximate surface area is 108 Å². The molecule has 0 fully saturated rings. The van der Waals surface area contributed by atoms with E-state index < -0.39 is 5.97 Å². The van der Waals surface area contributed by atoms with Crippen LogP contribution in [-0.2, 0) is 12.8 Å². The molecule has 4 nitrogen and oxygen atoms in total. The van der Waals surface area contributed by atoms with Gasteiger partial charge < -0.3 is 5.11 Å². The fourth-order valence-electron chi connectivity index (χ4n) is 1.57. The molecule has 0 atom stereocenters. The van der Waals surface area contributed by atoms with E-state index in [4.69, 9.17) is 5.11 Å². The number of hydrogen-bond acceptors (Lipinski definition) is 4. The highest BCUT2D eigenvalue weighted by molar-refractivity contribution is 7.99. The monoisotopic (exact) mass is 270 g/mol. The summed E-state index contributed by atoms with van der Waals surface area (Å²) in [7, 11) is 1.86. The summed E-state index contributed by atoms with van der Waals surface area (Å²) in [6.45, 7) is 4.28. The van der Waals surface area contributed by atoms with Crippen molar-refractivity contribution >= 4 is 39.3 Å². The van der Waals surface area contributed by atoms with Gasteiger partial charge in [0.1, 0.15) is 9.71 Å². The van der Waals surface area contributed by atoms with Gasteiger partial charge in [-0.2, -0.15) is 16.9 Å². The van der Waals surface area contributed by atoms with Crippen LogP contribution < -0.4 is 0 Å². The minimum Gasteiger partial charge on any atom is -0.477 e. The molecule has 0 spiro atoms. The quantitative estimate of drug-likeness (QED) is 0.928. The van der Waals surface area contributed by atoms with Gasteiger partial charge in [0.25, 0.3) is 0 Å². The maximum Gasteiger partial charge on any atom is 0.345 e. The predicted octanol–water partition coefficient (Wildman–Crippen LogP) is 2.97. The summed E-state index contributed by atoms with van der Waals surface area (Å²) in [6, 6.07) is 1.73. The normalized spacial score (nSPS) is 11.5. The molecule has 17 heavy (non-hydrogen) atoms. The van der Waals surface area contributed by atoms with Gasteiger partial charge in [-0.15, -0.1) is 11.3 Å². The Morgan fingerprint density at radius 2 is 2.35 bits per heavy atom. The van der Waals surface area contributed by atoms with Crippen molar-refractivity contribution in [2.75, 3.05) is 0 Å². The maximum absolute atomic E-state index is 10.9. The van der Waals surface area contributed by atoms with E-state index in [1.807, 2.05) is 18.8 Å². The number of rotatable bonds is 4. The van der Waals surface area contributed by atoms with Crippen LogP contribution in [0.25, 0.3) is 10.2 Å². The molecule has 0 aliphatic carbocycles. The van der Waals surface area contributed by atoms with E-state index in [2.05, 4.69) is 18.9 Å². The third-order valence-electron chi connectivity index (χ3n) is 2.35. The highest BCUT2D eigenvalue weighted by atomic mass is 32.2. The first-order valence-electron chi connectivity index (χ1n) is 5.29. The molecule has 0 bridgehead atoms. The minimum atomic E-state index is -0.867. The molecule has 0 saturated heterocycles. The van der Waals surface area contributed by atoms with E-state index in [0.717, 1.165) is 21.7 Å². The van der Waals surface area contributed by atoms with Crippen molar-refractivity contribution in [2.24, 2.45) is 7.05 Å². The number of nitrogens with zero attached hydrogens (tertiary/aromatic N) is 2. The Morgan fingerprint density at radius 3 is 2.94 bits per heavy atom. The van der Waals surface area contributed by atoms with E-state index in [9.17, 15) is 4.79 Å². The molecule has 2 heterocycles.